The summed E-state index contributed by atoms with van der Waals surface area (Å²) in [4.78, 5) is 17.9. The number of Topliss-reactive ketones (excluding diaryl/α,β-unsaturated/α-hetero) is 1. The fourth-order valence-electron chi connectivity index (χ4n) is 4.53. The number of pyridine rings is 2. The van der Waals surface area contributed by atoms with Crippen molar-refractivity contribution < 1.29 is 4.79 Å². The van der Waals surface area contributed by atoms with E-state index in [4.69, 9.17) is 16.6 Å². The van der Waals surface area contributed by atoms with Crippen LogP contribution in [-0.2, 0) is 6.42 Å². The minimum Gasteiger partial charge on any atom is -0.294 e. The molecular formula is C21H14ClN3O. The van der Waals surface area contributed by atoms with Gasteiger partial charge < -0.3 is 0 Å². The van der Waals surface area contributed by atoms with Gasteiger partial charge >= 0.3 is 0 Å². The van der Waals surface area contributed by atoms with Crippen LogP contribution in [0.1, 0.15) is 29.4 Å². The van der Waals surface area contributed by atoms with E-state index in [1.165, 1.54) is 0 Å². The molecule has 0 amide bonds. The lowest BCUT2D eigenvalue weighted by Crippen LogP contribution is -2.20. The van der Waals surface area contributed by atoms with E-state index in [2.05, 4.69) is 18.1 Å². The SMILES string of the molecule is CC1CC(=O)c2c(nc3ccc4cnn5c6ccc(Cl)cc6c2c3c45)C1. The first-order chi connectivity index (χ1) is 12.6. The van der Waals surface area contributed by atoms with Crippen molar-refractivity contribution in [1.29, 1.82) is 0 Å². The van der Waals surface area contributed by atoms with Crippen LogP contribution in [-0.4, -0.2) is 20.4 Å². The number of ketones is 1. The molecule has 5 aromatic rings. The van der Waals surface area contributed by atoms with Crippen LogP contribution in [0, 0.1) is 5.92 Å². The highest BCUT2D eigenvalue weighted by molar-refractivity contribution is 6.33. The molecule has 5 heteroatoms. The number of carbonyl (C=O) groups excluding carboxylic acids is 1. The Kier molecular flexibility index (Phi) is 2.62. The summed E-state index contributed by atoms with van der Waals surface area (Å²) in [5, 5.41) is 9.25. The van der Waals surface area contributed by atoms with E-state index in [1.54, 1.807) is 0 Å². The summed E-state index contributed by atoms with van der Waals surface area (Å²) in [6, 6.07) is 9.89. The number of nitrogens with zero attached hydrogens (tertiary/aromatic N) is 3. The van der Waals surface area contributed by atoms with Crippen LogP contribution in [0.15, 0.2) is 36.5 Å². The molecule has 0 bridgehead atoms. The van der Waals surface area contributed by atoms with Crippen molar-refractivity contribution in [2.75, 3.05) is 0 Å². The number of rotatable bonds is 0. The smallest absolute Gasteiger partial charge is 0.165 e. The van der Waals surface area contributed by atoms with E-state index in [0.717, 1.165) is 55.8 Å². The lowest BCUT2D eigenvalue weighted by atomic mass is 9.83. The summed E-state index contributed by atoms with van der Waals surface area (Å²) in [6.45, 7) is 2.11. The van der Waals surface area contributed by atoms with Gasteiger partial charge in [0.05, 0.1) is 28.4 Å². The van der Waals surface area contributed by atoms with Gasteiger partial charge in [0, 0.05) is 38.6 Å². The molecule has 126 valence electrons. The van der Waals surface area contributed by atoms with Crippen molar-refractivity contribution in [2.24, 2.45) is 5.92 Å². The largest absolute Gasteiger partial charge is 0.294 e. The molecule has 3 aromatic heterocycles. The number of aromatic nitrogens is 3. The molecule has 2 aromatic carbocycles. The second-order valence-electron chi connectivity index (χ2n) is 7.36. The molecule has 0 aliphatic heterocycles. The zero-order valence-electron chi connectivity index (χ0n) is 14.1. The van der Waals surface area contributed by atoms with Crippen molar-refractivity contribution in [3.8, 4) is 0 Å². The van der Waals surface area contributed by atoms with E-state index in [-0.39, 0.29) is 5.78 Å². The lowest BCUT2D eigenvalue weighted by Gasteiger charge is -2.23. The Morgan fingerprint density at radius 2 is 2.04 bits per heavy atom. The molecule has 0 radical (unpaired) electrons. The number of benzene rings is 2. The first-order valence-corrected chi connectivity index (χ1v) is 9.16. The van der Waals surface area contributed by atoms with Crippen LogP contribution < -0.4 is 0 Å². The van der Waals surface area contributed by atoms with Crippen LogP contribution in [0.3, 0.4) is 0 Å². The predicted molar refractivity (Wildman–Crippen MR) is 104 cm³/mol. The molecule has 1 aliphatic carbocycles. The molecule has 0 saturated carbocycles. The van der Waals surface area contributed by atoms with Gasteiger partial charge in [-0.15, -0.1) is 0 Å². The average Bonchev–Trinajstić information content (AvgIpc) is 3.04. The monoisotopic (exact) mass is 359 g/mol. The number of halogens is 1. The van der Waals surface area contributed by atoms with E-state index in [0.29, 0.717) is 17.4 Å². The van der Waals surface area contributed by atoms with Gasteiger partial charge in [0.1, 0.15) is 0 Å². The third-order valence-electron chi connectivity index (χ3n) is 5.57. The first kappa shape index (κ1) is 14.4. The molecule has 0 fully saturated rings. The van der Waals surface area contributed by atoms with Crippen molar-refractivity contribution in [3.63, 3.8) is 0 Å². The molecule has 6 rings (SSSR count). The van der Waals surface area contributed by atoms with Gasteiger partial charge in [-0.2, -0.15) is 5.10 Å². The van der Waals surface area contributed by atoms with Gasteiger partial charge in [-0.3, -0.25) is 9.78 Å². The Hall–Kier alpha value is -2.72. The van der Waals surface area contributed by atoms with Gasteiger partial charge in [0.25, 0.3) is 0 Å². The van der Waals surface area contributed by atoms with Crippen LogP contribution in [0.2, 0.25) is 5.02 Å². The molecule has 3 heterocycles. The van der Waals surface area contributed by atoms with E-state index >= 15 is 0 Å². The highest BCUT2D eigenvalue weighted by Crippen LogP contribution is 2.41. The third kappa shape index (κ3) is 1.68. The normalized spacial score (nSPS) is 17.8. The third-order valence-corrected chi connectivity index (χ3v) is 5.80. The zero-order valence-corrected chi connectivity index (χ0v) is 14.8. The fourth-order valence-corrected chi connectivity index (χ4v) is 4.70. The molecule has 0 saturated heterocycles. The molecule has 0 N–H and O–H groups in total. The highest BCUT2D eigenvalue weighted by Gasteiger charge is 2.29. The van der Waals surface area contributed by atoms with Crippen LogP contribution in [0.25, 0.3) is 38.1 Å². The van der Waals surface area contributed by atoms with Gasteiger partial charge in [-0.05, 0) is 42.7 Å². The van der Waals surface area contributed by atoms with Gasteiger partial charge in [-0.1, -0.05) is 18.5 Å². The fraction of sp³-hybridized carbons (Fsp3) is 0.190. The zero-order chi connectivity index (χ0) is 17.6. The molecule has 1 unspecified atom stereocenters. The minimum atomic E-state index is 0.180. The van der Waals surface area contributed by atoms with Gasteiger partial charge in [-0.25, -0.2) is 4.52 Å². The maximum Gasteiger partial charge on any atom is 0.165 e. The maximum absolute atomic E-state index is 13.0. The Labute approximate surface area is 153 Å². The molecule has 26 heavy (non-hydrogen) atoms. The molecule has 0 spiro atoms. The van der Waals surface area contributed by atoms with Crippen molar-refractivity contribution in [3.05, 3.63) is 52.8 Å². The average molecular weight is 360 g/mol. The van der Waals surface area contributed by atoms with E-state index in [9.17, 15) is 4.79 Å². The number of fused-ring (bicyclic) bond motifs is 5. The lowest BCUT2D eigenvalue weighted by molar-refractivity contribution is 0.0954. The quantitative estimate of drug-likeness (QED) is 0.287. The standard InChI is InChI=1S/C21H14ClN3O/c1-10-6-15-19(17(26)7-10)18-13-8-12(22)3-5-16(13)25-21-11(9-23-25)2-4-14(24-15)20(18)21/h2-5,8-10H,6-7H2,1H3. The Morgan fingerprint density at radius 1 is 1.15 bits per heavy atom. The second kappa shape index (κ2) is 4.71. The summed E-state index contributed by atoms with van der Waals surface area (Å²) >= 11 is 6.33. The van der Waals surface area contributed by atoms with E-state index < -0.39 is 0 Å². The summed E-state index contributed by atoms with van der Waals surface area (Å²) in [5.41, 5.74) is 4.59. The van der Waals surface area contributed by atoms with Crippen molar-refractivity contribution in [2.45, 2.75) is 19.8 Å². The Morgan fingerprint density at radius 3 is 2.92 bits per heavy atom. The number of carbonyl (C=O) groups is 1. The topological polar surface area (TPSA) is 47.3 Å². The first-order valence-electron chi connectivity index (χ1n) is 8.78. The van der Waals surface area contributed by atoms with Crippen molar-refractivity contribution >= 4 is 55.5 Å². The minimum absolute atomic E-state index is 0.180. The molecule has 1 atom stereocenters. The maximum atomic E-state index is 13.0. The van der Waals surface area contributed by atoms with Crippen LogP contribution in [0.4, 0.5) is 0 Å². The van der Waals surface area contributed by atoms with Crippen molar-refractivity contribution in [1.82, 2.24) is 14.6 Å². The number of hydrogen-bond acceptors (Lipinski definition) is 3. The Balaban J connectivity index is 2.00. The summed E-state index contributed by atoms with van der Waals surface area (Å²) in [5.74, 6) is 0.503. The van der Waals surface area contributed by atoms with Crippen LogP contribution in [0.5, 0.6) is 0 Å². The molecular weight excluding hydrogens is 346 g/mol. The predicted octanol–water partition coefficient (Wildman–Crippen LogP) is 5.05. The second-order valence-corrected chi connectivity index (χ2v) is 7.80. The highest BCUT2D eigenvalue weighted by atomic mass is 35.5. The summed E-state index contributed by atoms with van der Waals surface area (Å²) in [7, 11) is 0. The van der Waals surface area contributed by atoms with Gasteiger partial charge in [0.15, 0.2) is 5.78 Å². The molecule has 1 aliphatic rings. The summed E-state index contributed by atoms with van der Waals surface area (Å²) < 4.78 is 1.94. The van der Waals surface area contributed by atoms with E-state index in [1.807, 2.05) is 35.0 Å². The summed E-state index contributed by atoms with van der Waals surface area (Å²) in [6.07, 6.45) is 3.27. The number of hydrogen-bond donors (Lipinski definition) is 0. The van der Waals surface area contributed by atoms with Crippen LogP contribution >= 0.6 is 11.6 Å². The Bertz CT molecular complexity index is 1380. The molecule has 4 nitrogen and oxygen atoms in total. The van der Waals surface area contributed by atoms with Gasteiger partial charge in [0.2, 0.25) is 0 Å².